The van der Waals surface area contributed by atoms with Gasteiger partial charge in [0.2, 0.25) is 5.91 Å². The van der Waals surface area contributed by atoms with Gasteiger partial charge in [0.25, 0.3) is 5.91 Å². The molecule has 1 N–H and O–H groups in total. The Morgan fingerprint density at radius 2 is 2.00 bits per heavy atom. The van der Waals surface area contributed by atoms with E-state index >= 15 is 0 Å². The molecule has 0 radical (unpaired) electrons. The Morgan fingerprint density at radius 1 is 1.23 bits per heavy atom. The van der Waals surface area contributed by atoms with E-state index in [1.54, 1.807) is 32.2 Å². The number of ether oxygens (including phenoxy) is 2. The van der Waals surface area contributed by atoms with Crippen molar-refractivity contribution in [1.29, 1.82) is 0 Å². The Labute approximate surface area is 197 Å². The van der Waals surface area contributed by atoms with E-state index < -0.39 is 6.04 Å². The van der Waals surface area contributed by atoms with Crippen molar-refractivity contribution < 1.29 is 19.1 Å². The van der Waals surface area contributed by atoms with Gasteiger partial charge >= 0.3 is 0 Å². The maximum atomic E-state index is 13.1. The fourth-order valence-corrected chi connectivity index (χ4v) is 3.70. The second-order valence-electron chi connectivity index (χ2n) is 7.06. The fourth-order valence-electron chi connectivity index (χ4n) is 2.90. The maximum Gasteiger partial charge on any atom is 0.261 e. The standard InChI is InChI=1S/C23H28BrClN2O4/c1-4-5-11-26-23(29)16(2)27(14-17-7-6-8-19(12-17)30-3)22(28)15-31-21-10-9-18(25)13-20(21)24/h6-10,12-13,16H,4-5,11,14-15H2,1-3H3,(H,26,29). The van der Waals surface area contributed by atoms with Crippen LogP contribution in [0.5, 0.6) is 11.5 Å². The molecular formula is C23H28BrClN2O4. The summed E-state index contributed by atoms with van der Waals surface area (Å²) in [6.45, 7) is 4.40. The Morgan fingerprint density at radius 3 is 2.68 bits per heavy atom. The molecule has 0 saturated heterocycles. The quantitative estimate of drug-likeness (QED) is 0.439. The van der Waals surface area contributed by atoms with Gasteiger partial charge in [-0.05, 0) is 65.2 Å². The van der Waals surface area contributed by atoms with Gasteiger partial charge in [-0.15, -0.1) is 0 Å². The highest BCUT2D eigenvalue weighted by Gasteiger charge is 2.26. The average Bonchev–Trinajstić information content (AvgIpc) is 2.76. The number of methoxy groups -OCH3 is 1. The van der Waals surface area contributed by atoms with Crippen LogP contribution in [0.25, 0.3) is 0 Å². The maximum absolute atomic E-state index is 13.1. The van der Waals surface area contributed by atoms with Crippen molar-refractivity contribution in [2.75, 3.05) is 20.3 Å². The van der Waals surface area contributed by atoms with Crippen LogP contribution in [0.2, 0.25) is 5.02 Å². The largest absolute Gasteiger partial charge is 0.497 e. The number of carbonyl (C=O) groups is 2. The molecule has 1 unspecified atom stereocenters. The van der Waals surface area contributed by atoms with E-state index in [9.17, 15) is 9.59 Å². The van der Waals surface area contributed by atoms with E-state index in [0.29, 0.717) is 27.5 Å². The van der Waals surface area contributed by atoms with Crippen LogP contribution in [-0.4, -0.2) is 43.0 Å². The number of nitrogens with zero attached hydrogens (tertiary/aromatic N) is 1. The van der Waals surface area contributed by atoms with E-state index in [1.807, 2.05) is 24.3 Å². The van der Waals surface area contributed by atoms with Gasteiger partial charge < -0.3 is 19.7 Å². The third-order valence-electron chi connectivity index (χ3n) is 4.73. The molecule has 0 fully saturated rings. The molecule has 2 aromatic rings. The van der Waals surface area contributed by atoms with Gasteiger partial charge in [0.05, 0.1) is 11.6 Å². The number of amides is 2. The summed E-state index contributed by atoms with van der Waals surface area (Å²) in [6.07, 6.45) is 1.86. The predicted molar refractivity (Wildman–Crippen MR) is 126 cm³/mol. The van der Waals surface area contributed by atoms with Gasteiger partial charge in [-0.1, -0.05) is 37.1 Å². The number of halogens is 2. The van der Waals surface area contributed by atoms with E-state index in [2.05, 4.69) is 28.2 Å². The van der Waals surface area contributed by atoms with Crippen LogP contribution >= 0.6 is 27.5 Å². The Hall–Kier alpha value is -2.25. The summed E-state index contributed by atoms with van der Waals surface area (Å²) < 4.78 is 11.6. The summed E-state index contributed by atoms with van der Waals surface area (Å²) in [5.74, 6) is 0.686. The summed E-state index contributed by atoms with van der Waals surface area (Å²) >= 11 is 9.34. The van der Waals surface area contributed by atoms with Crippen LogP contribution in [0.15, 0.2) is 46.9 Å². The number of unbranched alkanes of at least 4 members (excludes halogenated alkanes) is 1. The first-order valence-electron chi connectivity index (χ1n) is 10.1. The van der Waals surface area contributed by atoms with Crippen molar-refractivity contribution in [1.82, 2.24) is 10.2 Å². The minimum Gasteiger partial charge on any atom is -0.497 e. The molecule has 0 aliphatic heterocycles. The second-order valence-corrected chi connectivity index (χ2v) is 8.35. The number of rotatable bonds is 11. The minimum atomic E-state index is -0.659. The molecule has 2 aromatic carbocycles. The van der Waals surface area contributed by atoms with Gasteiger partial charge in [-0.25, -0.2) is 0 Å². The lowest BCUT2D eigenvalue weighted by molar-refractivity contribution is -0.142. The van der Waals surface area contributed by atoms with Gasteiger partial charge in [0, 0.05) is 18.1 Å². The van der Waals surface area contributed by atoms with Crippen molar-refractivity contribution in [3.05, 3.63) is 57.5 Å². The van der Waals surface area contributed by atoms with Crippen LogP contribution in [0, 0.1) is 0 Å². The Bertz CT molecular complexity index is 894. The third-order valence-corrected chi connectivity index (χ3v) is 5.58. The summed E-state index contributed by atoms with van der Waals surface area (Å²) in [7, 11) is 1.59. The van der Waals surface area contributed by atoms with E-state index in [1.165, 1.54) is 4.90 Å². The first kappa shape index (κ1) is 25.0. The molecule has 2 amide bonds. The summed E-state index contributed by atoms with van der Waals surface area (Å²) in [5.41, 5.74) is 0.855. The molecule has 1 atom stereocenters. The van der Waals surface area contributed by atoms with Crippen LogP contribution in [0.4, 0.5) is 0 Å². The highest BCUT2D eigenvalue weighted by atomic mass is 79.9. The molecule has 0 heterocycles. The molecule has 0 aliphatic rings. The van der Waals surface area contributed by atoms with Gasteiger partial charge in [0.1, 0.15) is 17.5 Å². The second kappa shape index (κ2) is 12.6. The number of hydrogen-bond acceptors (Lipinski definition) is 4. The molecular weight excluding hydrogens is 484 g/mol. The molecule has 0 spiro atoms. The summed E-state index contributed by atoms with van der Waals surface area (Å²) in [4.78, 5) is 27.2. The van der Waals surface area contributed by atoms with Gasteiger partial charge in [-0.3, -0.25) is 9.59 Å². The molecule has 0 bridgehead atoms. The van der Waals surface area contributed by atoms with Crippen LogP contribution < -0.4 is 14.8 Å². The lowest BCUT2D eigenvalue weighted by Gasteiger charge is -2.29. The van der Waals surface area contributed by atoms with E-state index in [-0.39, 0.29) is 25.0 Å². The zero-order chi connectivity index (χ0) is 22.8. The summed E-state index contributed by atoms with van der Waals surface area (Å²) in [6, 6.07) is 11.8. The normalized spacial score (nSPS) is 11.5. The number of benzene rings is 2. The smallest absolute Gasteiger partial charge is 0.261 e. The van der Waals surface area contributed by atoms with Gasteiger partial charge in [0.15, 0.2) is 6.61 Å². The third kappa shape index (κ3) is 7.74. The van der Waals surface area contributed by atoms with Crippen molar-refractivity contribution in [3.63, 3.8) is 0 Å². The number of hydrogen-bond donors (Lipinski definition) is 1. The molecule has 2 rings (SSSR count). The molecule has 0 saturated carbocycles. The van der Waals surface area contributed by atoms with Crippen LogP contribution in [0.3, 0.4) is 0 Å². The topological polar surface area (TPSA) is 67.9 Å². The predicted octanol–water partition coefficient (Wildman–Crippen LogP) is 4.82. The Balaban J connectivity index is 2.16. The van der Waals surface area contributed by atoms with Crippen LogP contribution in [0.1, 0.15) is 32.3 Å². The van der Waals surface area contributed by atoms with Crippen molar-refractivity contribution in [3.8, 4) is 11.5 Å². The van der Waals surface area contributed by atoms with Gasteiger partial charge in [-0.2, -0.15) is 0 Å². The Kier molecular flexibility index (Phi) is 10.1. The number of carbonyl (C=O) groups excluding carboxylic acids is 2. The fraction of sp³-hybridized carbons (Fsp3) is 0.391. The SMILES string of the molecule is CCCCNC(=O)C(C)N(Cc1cccc(OC)c1)C(=O)COc1ccc(Cl)cc1Br. The van der Waals surface area contributed by atoms with Crippen molar-refractivity contribution in [2.45, 2.75) is 39.3 Å². The van der Waals surface area contributed by atoms with Crippen molar-refractivity contribution >= 4 is 39.3 Å². The molecule has 6 nitrogen and oxygen atoms in total. The van der Waals surface area contributed by atoms with E-state index in [0.717, 1.165) is 18.4 Å². The van der Waals surface area contributed by atoms with Crippen molar-refractivity contribution in [2.24, 2.45) is 0 Å². The minimum absolute atomic E-state index is 0.197. The zero-order valence-corrected chi connectivity index (χ0v) is 20.3. The summed E-state index contributed by atoms with van der Waals surface area (Å²) in [5, 5.41) is 3.45. The highest BCUT2D eigenvalue weighted by molar-refractivity contribution is 9.10. The van der Waals surface area contributed by atoms with E-state index in [4.69, 9.17) is 21.1 Å². The average molecular weight is 512 g/mol. The number of nitrogens with one attached hydrogen (secondary N) is 1. The molecule has 168 valence electrons. The lowest BCUT2D eigenvalue weighted by atomic mass is 10.1. The molecule has 0 aliphatic carbocycles. The first-order valence-corrected chi connectivity index (χ1v) is 11.3. The van der Waals surface area contributed by atoms with Crippen LogP contribution in [-0.2, 0) is 16.1 Å². The zero-order valence-electron chi connectivity index (χ0n) is 18.0. The molecule has 31 heavy (non-hydrogen) atoms. The highest BCUT2D eigenvalue weighted by Crippen LogP contribution is 2.28. The molecule has 8 heteroatoms. The molecule has 0 aromatic heterocycles. The first-order chi connectivity index (χ1) is 14.8. The monoisotopic (exact) mass is 510 g/mol. The lowest BCUT2D eigenvalue weighted by Crippen LogP contribution is -2.49.